The summed E-state index contributed by atoms with van der Waals surface area (Å²) in [5.41, 5.74) is 4.83. The fourth-order valence-corrected chi connectivity index (χ4v) is 3.71. The van der Waals surface area contributed by atoms with E-state index in [9.17, 15) is 0 Å². The Balaban J connectivity index is 0.00000182. The molecule has 1 aromatic rings. The molecule has 2 aliphatic heterocycles. The van der Waals surface area contributed by atoms with Gasteiger partial charge in [-0.15, -0.1) is 11.8 Å². The number of benzene rings is 1. The minimum Gasteiger partial charge on any atom is -0.774 e. The third-order valence-corrected chi connectivity index (χ3v) is 4.96. The second-order valence-electron chi connectivity index (χ2n) is 5.82. The smallest absolute Gasteiger partial charge is 0.774 e. The molecule has 0 fully saturated rings. The molecule has 1 aliphatic carbocycles. The van der Waals surface area contributed by atoms with Crippen molar-refractivity contribution in [2.24, 2.45) is 0 Å². The average Bonchev–Trinajstić information content (AvgIpc) is 3.02. The molecule has 4 nitrogen and oxygen atoms in total. The minimum absolute atomic E-state index is 0. The van der Waals surface area contributed by atoms with Crippen molar-refractivity contribution in [3.63, 3.8) is 0 Å². The Morgan fingerprint density at radius 2 is 1.56 bits per heavy atom. The molecular weight excluding hydrogens is 531 g/mol. The molecule has 0 N–H and O–H groups in total. The van der Waals surface area contributed by atoms with Crippen LogP contribution in [0, 0.1) is 13.3 Å². The first kappa shape index (κ1) is 18.8. The summed E-state index contributed by atoms with van der Waals surface area (Å²) in [6.07, 6.45) is 9.42. The molecule has 0 amide bonds. The van der Waals surface area contributed by atoms with Gasteiger partial charge in [-0.1, -0.05) is 30.4 Å². The van der Waals surface area contributed by atoms with E-state index in [2.05, 4.69) is 81.5 Å². The van der Waals surface area contributed by atoms with E-state index in [1.807, 2.05) is 0 Å². The molecule has 4 rings (SSSR count). The van der Waals surface area contributed by atoms with Gasteiger partial charge in [-0.2, -0.15) is 13.3 Å². The summed E-state index contributed by atoms with van der Waals surface area (Å²) in [5, 5.41) is 0. The van der Waals surface area contributed by atoms with Crippen molar-refractivity contribution in [3.8, 4) is 0 Å². The molecule has 7 heteroatoms. The zero-order valence-corrected chi connectivity index (χ0v) is 17.4. The first-order valence-corrected chi connectivity index (χ1v) is 9.05. The maximum Gasteiger partial charge on any atom is 4.00 e. The monoisotopic (exact) mass is 549 g/mol. The van der Waals surface area contributed by atoms with Gasteiger partial charge in [0.15, 0.2) is 0 Å². The quantitative estimate of drug-likeness (QED) is 0.421. The van der Waals surface area contributed by atoms with Crippen LogP contribution >= 0.6 is 0 Å². The van der Waals surface area contributed by atoms with Crippen LogP contribution in [0.3, 0.4) is 0 Å². The molecule has 0 saturated heterocycles. The van der Waals surface area contributed by atoms with Gasteiger partial charge in [0, 0.05) is 35.9 Å². The number of hydrogen-bond donors (Lipinski definition) is 0. The standard InChI is InChI=1S/C18H20N4S2.Pt/c23-13-21-11-19(15-6-2-1-3-7-17(15)21)10-20-12-22(14-24)18-9-5-4-8-16(18)20;/h1-6,8-9,11-12,23-24H,7,10,13-14H2;/q-2;+4/p-2. The Kier molecular flexibility index (Phi) is 6.13. The summed E-state index contributed by atoms with van der Waals surface area (Å²) in [6.45, 7) is 4.95. The Morgan fingerprint density at radius 3 is 2.28 bits per heavy atom. The molecule has 0 bridgehead atoms. The van der Waals surface area contributed by atoms with Gasteiger partial charge >= 0.3 is 21.1 Å². The number of allylic oxidation sites excluding steroid dienone is 4. The predicted molar refractivity (Wildman–Crippen MR) is 103 cm³/mol. The minimum atomic E-state index is 0. The van der Waals surface area contributed by atoms with Gasteiger partial charge in [0.05, 0.1) is 0 Å². The van der Waals surface area contributed by atoms with E-state index in [0.29, 0.717) is 11.8 Å². The molecule has 0 radical (unpaired) electrons. The topological polar surface area (TPSA) is 13.0 Å². The second kappa shape index (κ2) is 8.15. The molecule has 2 heterocycles. The van der Waals surface area contributed by atoms with E-state index >= 15 is 0 Å². The van der Waals surface area contributed by atoms with Gasteiger partial charge in [0.2, 0.25) is 0 Å². The third kappa shape index (κ3) is 3.49. The molecule has 132 valence electrons. The van der Waals surface area contributed by atoms with Crippen molar-refractivity contribution in [2.45, 2.75) is 6.42 Å². The Bertz CT molecular complexity index is 719. The van der Waals surface area contributed by atoms with Crippen molar-refractivity contribution >= 4 is 36.6 Å². The third-order valence-electron chi connectivity index (χ3n) is 4.41. The predicted octanol–water partition coefficient (Wildman–Crippen LogP) is 2.86. The van der Waals surface area contributed by atoms with E-state index in [1.165, 1.54) is 22.8 Å². The van der Waals surface area contributed by atoms with Crippen molar-refractivity contribution in [1.29, 1.82) is 0 Å². The van der Waals surface area contributed by atoms with Crippen LogP contribution < -0.4 is 9.80 Å². The molecule has 1 aromatic carbocycles. The number of anilines is 2. The van der Waals surface area contributed by atoms with Crippen LogP contribution in [-0.2, 0) is 46.3 Å². The summed E-state index contributed by atoms with van der Waals surface area (Å²) < 4.78 is 0. The SMILES string of the molecule is [Pt+4].[S-]CN1[CH-]N(CN2[CH-]N(C[S-])c3ccccc32)C2=C1CC=CC=C2. The van der Waals surface area contributed by atoms with Crippen LogP contribution in [0.4, 0.5) is 11.4 Å². The van der Waals surface area contributed by atoms with Gasteiger partial charge in [-0.3, -0.25) is 0 Å². The summed E-state index contributed by atoms with van der Waals surface area (Å²) in [5.74, 6) is 1.11. The molecule has 25 heavy (non-hydrogen) atoms. The van der Waals surface area contributed by atoms with Gasteiger partial charge in [-0.05, 0) is 18.2 Å². The molecule has 0 spiro atoms. The van der Waals surface area contributed by atoms with E-state index in [4.69, 9.17) is 25.3 Å². The fourth-order valence-electron chi connectivity index (χ4n) is 3.28. The van der Waals surface area contributed by atoms with E-state index in [-0.39, 0.29) is 21.1 Å². The molecule has 0 saturated carbocycles. The van der Waals surface area contributed by atoms with Gasteiger partial charge < -0.3 is 44.9 Å². The normalized spacial score (nSPS) is 18.5. The Labute approximate surface area is 174 Å². The van der Waals surface area contributed by atoms with Crippen molar-refractivity contribution in [1.82, 2.24) is 9.80 Å². The molecule has 0 unspecified atom stereocenters. The van der Waals surface area contributed by atoms with Crippen LogP contribution in [0.25, 0.3) is 0 Å². The van der Waals surface area contributed by atoms with Crippen molar-refractivity contribution in [3.05, 3.63) is 73.3 Å². The maximum atomic E-state index is 5.30. The van der Waals surface area contributed by atoms with Crippen molar-refractivity contribution in [2.75, 3.05) is 28.2 Å². The molecule has 0 aromatic heterocycles. The Hall–Kier alpha value is -0.972. The number of rotatable bonds is 4. The van der Waals surface area contributed by atoms with Crippen LogP contribution in [0.5, 0.6) is 0 Å². The number of para-hydroxylation sites is 2. The Morgan fingerprint density at radius 1 is 0.880 bits per heavy atom. The second-order valence-corrected chi connectivity index (χ2v) is 6.34. The molecule has 3 aliphatic rings. The van der Waals surface area contributed by atoms with Gasteiger partial charge in [0.1, 0.15) is 0 Å². The zero-order chi connectivity index (χ0) is 16.5. The fraction of sp³-hybridized carbons (Fsp3) is 0.222. The summed E-state index contributed by atoms with van der Waals surface area (Å²) in [7, 11) is 0. The first-order valence-electron chi connectivity index (χ1n) is 7.90. The number of fused-ring (bicyclic) bond motifs is 1. The zero-order valence-electron chi connectivity index (χ0n) is 13.5. The van der Waals surface area contributed by atoms with E-state index in [0.717, 1.165) is 13.1 Å². The van der Waals surface area contributed by atoms with Crippen LogP contribution in [0.15, 0.2) is 60.0 Å². The number of nitrogens with zero attached hydrogens (tertiary/aromatic N) is 4. The number of hydrogen-bond acceptors (Lipinski definition) is 6. The van der Waals surface area contributed by atoms with Crippen LogP contribution in [0.2, 0.25) is 0 Å². The summed E-state index contributed by atoms with van der Waals surface area (Å²) in [6, 6.07) is 8.37. The first-order chi connectivity index (χ1) is 11.8. The van der Waals surface area contributed by atoms with Crippen LogP contribution in [-0.4, -0.2) is 28.2 Å². The van der Waals surface area contributed by atoms with Gasteiger partial charge in [0.25, 0.3) is 0 Å². The molecular formula is C18H18N4PtS2. The van der Waals surface area contributed by atoms with Crippen LogP contribution in [0.1, 0.15) is 6.42 Å². The maximum absolute atomic E-state index is 5.30. The van der Waals surface area contributed by atoms with E-state index < -0.39 is 0 Å². The summed E-state index contributed by atoms with van der Waals surface area (Å²) >= 11 is 10.6. The largest absolute Gasteiger partial charge is 4.00 e. The van der Waals surface area contributed by atoms with Crippen molar-refractivity contribution < 1.29 is 21.1 Å². The average molecular weight is 550 g/mol. The van der Waals surface area contributed by atoms with E-state index in [1.54, 1.807) is 0 Å². The summed E-state index contributed by atoms with van der Waals surface area (Å²) in [4.78, 5) is 8.75. The van der Waals surface area contributed by atoms with Gasteiger partial charge in [-0.25, -0.2) is 0 Å². The molecule has 0 atom stereocenters.